The van der Waals surface area contributed by atoms with Crippen LogP contribution >= 0.6 is 11.6 Å². The average Bonchev–Trinajstić information content (AvgIpc) is 2.64. The van der Waals surface area contributed by atoms with Crippen molar-refractivity contribution < 1.29 is 14.3 Å². The van der Waals surface area contributed by atoms with Gasteiger partial charge in [-0.3, -0.25) is 10.2 Å². The van der Waals surface area contributed by atoms with Gasteiger partial charge in [-0.25, -0.2) is 10.6 Å². The molecule has 1 saturated carbocycles. The van der Waals surface area contributed by atoms with Crippen LogP contribution in [0, 0.1) is 5.41 Å². The number of hydrogen-bond acceptors (Lipinski definition) is 4. The maximum atomic E-state index is 12.7. The molecular weight excluding hydrogens is 378 g/mol. The predicted molar refractivity (Wildman–Crippen MR) is 112 cm³/mol. The van der Waals surface area contributed by atoms with Gasteiger partial charge in [0.15, 0.2) is 0 Å². The quantitative estimate of drug-likeness (QED) is 0.295. The van der Waals surface area contributed by atoms with E-state index >= 15 is 0 Å². The summed E-state index contributed by atoms with van der Waals surface area (Å²) < 4.78 is 5.36. The third kappa shape index (κ3) is 5.97. The van der Waals surface area contributed by atoms with E-state index in [2.05, 4.69) is 10.7 Å². The molecule has 4 N–H and O–H groups in total. The van der Waals surface area contributed by atoms with Crippen molar-refractivity contribution in [2.75, 3.05) is 6.54 Å². The van der Waals surface area contributed by atoms with Gasteiger partial charge in [0.2, 0.25) is 0 Å². The van der Waals surface area contributed by atoms with Gasteiger partial charge in [-0.2, -0.15) is 0 Å². The third-order valence-corrected chi connectivity index (χ3v) is 5.28. The van der Waals surface area contributed by atoms with E-state index in [1.165, 1.54) is 0 Å². The van der Waals surface area contributed by atoms with Crippen LogP contribution in [0.15, 0.2) is 29.8 Å². The predicted octanol–water partition coefficient (Wildman–Crippen LogP) is 4.19. The second-order valence-electron chi connectivity index (χ2n) is 8.25. The molecule has 2 rings (SSSR count). The van der Waals surface area contributed by atoms with Gasteiger partial charge < -0.3 is 10.1 Å². The van der Waals surface area contributed by atoms with Gasteiger partial charge in [-0.1, -0.05) is 49.1 Å². The molecule has 28 heavy (non-hydrogen) atoms. The van der Waals surface area contributed by atoms with E-state index < -0.39 is 17.1 Å². The molecule has 7 heteroatoms. The fraction of sp³-hybridized carbons (Fsp3) is 0.524. The van der Waals surface area contributed by atoms with Gasteiger partial charge in [-0.15, -0.1) is 0 Å². The van der Waals surface area contributed by atoms with Crippen LogP contribution in [0.1, 0.15) is 58.4 Å². The van der Waals surface area contributed by atoms with Gasteiger partial charge in [0.05, 0.1) is 0 Å². The van der Waals surface area contributed by atoms with Crippen LogP contribution < -0.4 is 16.6 Å². The van der Waals surface area contributed by atoms with Crippen LogP contribution in [0.2, 0.25) is 5.02 Å². The summed E-state index contributed by atoms with van der Waals surface area (Å²) in [4.78, 5) is 24.9. The van der Waals surface area contributed by atoms with Crippen molar-refractivity contribution in [2.45, 2.75) is 58.5 Å². The first kappa shape index (κ1) is 22.2. The maximum absolute atomic E-state index is 12.7. The van der Waals surface area contributed by atoms with E-state index in [-0.39, 0.29) is 5.91 Å². The number of rotatable bonds is 5. The molecule has 0 atom stereocenters. The molecule has 0 aliphatic heterocycles. The molecular formula is C21H30ClN3O3. The minimum Gasteiger partial charge on any atom is -0.444 e. The second-order valence-corrected chi connectivity index (χ2v) is 8.66. The fourth-order valence-corrected chi connectivity index (χ4v) is 3.80. The first-order valence-electron chi connectivity index (χ1n) is 9.61. The lowest BCUT2D eigenvalue weighted by Crippen LogP contribution is -2.46. The highest BCUT2D eigenvalue weighted by Gasteiger charge is 2.39. The summed E-state index contributed by atoms with van der Waals surface area (Å²) in [5.74, 6) is 5.12. The van der Waals surface area contributed by atoms with Crippen molar-refractivity contribution in [1.29, 1.82) is 0 Å². The Balaban J connectivity index is 2.37. The lowest BCUT2D eigenvalue weighted by Gasteiger charge is -2.39. The second kappa shape index (κ2) is 9.43. The lowest BCUT2D eigenvalue weighted by molar-refractivity contribution is -0.118. The Hall–Kier alpha value is -2.05. The van der Waals surface area contributed by atoms with E-state index in [4.69, 9.17) is 22.2 Å². The molecule has 1 fully saturated rings. The van der Waals surface area contributed by atoms with Gasteiger partial charge in [0.1, 0.15) is 5.60 Å². The van der Waals surface area contributed by atoms with Crippen molar-refractivity contribution in [2.24, 2.45) is 11.3 Å². The first-order chi connectivity index (χ1) is 13.2. The van der Waals surface area contributed by atoms with Crippen molar-refractivity contribution in [1.82, 2.24) is 10.7 Å². The number of nitrogens with one attached hydrogen (secondary N) is 2. The van der Waals surface area contributed by atoms with Crippen molar-refractivity contribution in [3.05, 3.63) is 40.4 Å². The number of amides is 2. The molecule has 1 aromatic carbocycles. The summed E-state index contributed by atoms with van der Waals surface area (Å²) in [6.07, 6.45) is 5.85. The molecule has 1 aliphatic rings. The van der Waals surface area contributed by atoms with Gasteiger partial charge in [0, 0.05) is 22.6 Å². The molecule has 6 nitrogen and oxygen atoms in total. The summed E-state index contributed by atoms with van der Waals surface area (Å²) in [7, 11) is 0. The topological polar surface area (TPSA) is 93.4 Å². The largest absolute Gasteiger partial charge is 0.444 e. The monoisotopic (exact) mass is 407 g/mol. The van der Waals surface area contributed by atoms with Crippen LogP contribution in [0.3, 0.4) is 0 Å². The highest BCUT2D eigenvalue weighted by atomic mass is 35.5. The molecule has 0 bridgehead atoms. The Morgan fingerprint density at radius 3 is 2.43 bits per heavy atom. The normalized spacial score (nSPS) is 17.0. The summed E-state index contributed by atoms with van der Waals surface area (Å²) in [6.45, 7) is 5.74. The van der Waals surface area contributed by atoms with Gasteiger partial charge in [0.25, 0.3) is 5.91 Å². The zero-order valence-electron chi connectivity index (χ0n) is 16.8. The summed E-state index contributed by atoms with van der Waals surface area (Å²) in [5.41, 5.74) is 2.41. The van der Waals surface area contributed by atoms with Gasteiger partial charge >= 0.3 is 6.09 Å². The molecule has 2 amide bonds. The molecule has 0 radical (unpaired) electrons. The fourth-order valence-electron chi connectivity index (χ4n) is 3.61. The number of benzene rings is 1. The average molecular weight is 408 g/mol. The standard InChI is InChI=1S/C21H30ClN3O3/c1-20(2,3)28-19(27)24-14-21(11-7-4-8-12-21)16(18(26)25-23)13-15-9-5-6-10-17(15)22/h5-6,9-10,13H,4,7-8,11-12,14,23H2,1-3H3,(H,24,27)(H,25,26). The maximum Gasteiger partial charge on any atom is 0.407 e. The third-order valence-electron chi connectivity index (χ3n) is 4.93. The molecule has 0 unspecified atom stereocenters. The molecule has 0 spiro atoms. The smallest absolute Gasteiger partial charge is 0.407 e. The summed E-state index contributed by atoms with van der Waals surface area (Å²) in [6, 6.07) is 7.33. The van der Waals surface area contributed by atoms with Crippen molar-refractivity contribution in [3.63, 3.8) is 0 Å². The lowest BCUT2D eigenvalue weighted by atomic mass is 9.68. The zero-order chi connectivity index (χ0) is 20.8. The summed E-state index contributed by atoms with van der Waals surface area (Å²) in [5, 5.41) is 3.41. The van der Waals surface area contributed by atoms with E-state index in [9.17, 15) is 9.59 Å². The number of hydrazine groups is 1. The highest BCUT2D eigenvalue weighted by Crippen LogP contribution is 2.43. The van der Waals surface area contributed by atoms with E-state index in [1.807, 2.05) is 39.0 Å². The molecule has 154 valence electrons. The van der Waals surface area contributed by atoms with Crippen LogP contribution in [0.4, 0.5) is 4.79 Å². The van der Waals surface area contributed by atoms with Crippen LogP contribution in [0.25, 0.3) is 6.08 Å². The Bertz CT molecular complexity index is 735. The first-order valence-corrected chi connectivity index (χ1v) is 9.99. The minimum atomic E-state index is -0.589. The number of halogens is 1. The van der Waals surface area contributed by atoms with Crippen LogP contribution in [0.5, 0.6) is 0 Å². The van der Waals surface area contributed by atoms with Gasteiger partial charge in [-0.05, 0) is 51.3 Å². The molecule has 0 heterocycles. The Morgan fingerprint density at radius 1 is 1.21 bits per heavy atom. The molecule has 1 aliphatic carbocycles. The molecule has 0 saturated heterocycles. The molecule has 0 aromatic heterocycles. The Morgan fingerprint density at radius 2 is 1.86 bits per heavy atom. The van der Waals surface area contributed by atoms with E-state index in [0.29, 0.717) is 17.1 Å². The number of nitrogens with two attached hydrogens (primary N) is 1. The van der Waals surface area contributed by atoms with E-state index in [0.717, 1.165) is 37.7 Å². The van der Waals surface area contributed by atoms with Crippen molar-refractivity contribution >= 4 is 29.7 Å². The SMILES string of the molecule is CC(C)(C)OC(=O)NCC1(C(=Cc2ccccc2Cl)C(=O)NN)CCCCC1. The van der Waals surface area contributed by atoms with Crippen LogP contribution in [-0.4, -0.2) is 24.1 Å². The zero-order valence-corrected chi connectivity index (χ0v) is 17.6. The number of alkyl carbamates (subject to hydrolysis) is 1. The Kier molecular flexibility index (Phi) is 7.49. The number of carbonyl (C=O) groups excluding carboxylic acids is 2. The number of carbonyl (C=O) groups is 2. The highest BCUT2D eigenvalue weighted by molar-refractivity contribution is 6.32. The number of ether oxygens (including phenoxy) is 1. The minimum absolute atomic E-state index is 0.297. The van der Waals surface area contributed by atoms with Crippen LogP contribution in [-0.2, 0) is 9.53 Å². The van der Waals surface area contributed by atoms with E-state index in [1.54, 1.807) is 12.1 Å². The molecule has 1 aromatic rings. The number of hydrogen-bond donors (Lipinski definition) is 3. The van der Waals surface area contributed by atoms with Crippen molar-refractivity contribution in [3.8, 4) is 0 Å². The Labute approximate surface area is 171 Å². The summed E-state index contributed by atoms with van der Waals surface area (Å²) >= 11 is 6.30.